The molecule has 0 aliphatic carbocycles. The van der Waals surface area contributed by atoms with Crippen LogP contribution in [0, 0.1) is 5.41 Å². The molecule has 0 rings (SSSR count). The summed E-state index contributed by atoms with van der Waals surface area (Å²) >= 11 is 0. The third kappa shape index (κ3) is 9.91. The molecule has 0 saturated carbocycles. The number of carbonyl (C=O) groups excluding carboxylic acids is 1. The first-order valence-corrected chi connectivity index (χ1v) is 7.38. The summed E-state index contributed by atoms with van der Waals surface area (Å²) in [6, 6.07) is 0.507. The van der Waals surface area contributed by atoms with Crippen molar-refractivity contribution in [3.8, 4) is 0 Å². The molecule has 4 heteroatoms. The van der Waals surface area contributed by atoms with Gasteiger partial charge in [0.15, 0.2) is 0 Å². The van der Waals surface area contributed by atoms with Crippen LogP contribution in [0.1, 0.15) is 53.9 Å². The molecule has 114 valence electrons. The first-order valence-electron chi connectivity index (χ1n) is 7.38. The van der Waals surface area contributed by atoms with Gasteiger partial charge < -0.3 is 16.0 Å². The number of nitrogens with one attached hydrogen (secondary N) is 1. The molecule has 2 unspecified atom stereocenters. The van der Waals surface area contributed by atoms with Gasteiger partial charge in [-0.05, 0) is 32.2 Å². The molecule has 0 aliphatic rings. The van der Waals surface area contributed by atoms with E-state index in [9.17, 15) is 4.79 Å². The highest BCUT2D eigenvalue weighted by Crippen LogP contribution is 2.20. The molecule has 0 aromatic heterocycles. The zero-order chi connectivity index (χ0) is 15.1. The molecule has 2 atom stereocenters. The predicted molar refractivity (Wildman–Crippen MR) is 82.1 cm³/mol. The Morgan fingerprint density at radius 1 is 1.37 bits per heavy atom. The maximum absolute atomic E-state index is 11.8. The fourth-order valence-electron chi connectivity index (χ4n) is 2.07. The molecule has 0 aromatic carbocycles. The zero-order valence-electron chi connectivity index (χ0n) is 13.6. The van der Waals surface area contributed by atoms with Crippen molar-refractivity contribution in [2.45, 2.75) is 66.0 Å². The Bertz CT molecular complexity index is 261. The van der Waals surface area contributed by atoms with Crippen LogP contribution in [0.5, 0.6) is 0 Å². The summed E-state index contributed by atoms with van der Waals surface area (Å²) in [4.78, 5) is 14.0. The van der Waals surface area contributed by atoms with Gasteiger partial charge in [-0.2, -0.15) is 0 Å². The van der Waals surface area contributed by atoms with E-state index in [2.05, 4.69) is 51.9 Å². The Morgan fingerprint density at radius 3 is 2.42 bits per heavy atom. The molecule has 0 heterocycles. The van der Waals surface area contributed by atoms with E-state index < -0.39 is 0 Å². The molecular weight excluding hydrogens is 238 g/mol. The van der Waals surface area contributed by atoms with E-state index in [1.54, 1.807) is 0 Å². The Morgan fingerprint density at radius 2 is 1.95 bits per heavy atom. The van der Waals surface area contributed by atoms with Crippen molar-refractivity contribution in [2.75, 3.05) is 20.1 Å². The molecule has 0 aromatic rings. The fraction of sp³-hybridized carbons (Fsp3) is 0.933. The summed E-state index contributed by atoms with van der Waals surface area (Å²) in [5.41, 5.74) is 6.17. The summed E-state index contributed by atoms with van der Waals surface area (Å²) in [6.07, 6.45) is 2.42. The van der Waals surface area contributed by atoms with E-state index >= 15 is 0 Å². The van der Waals surface area contributed by atoms with Gasteiger partial charge in [-0.3, -0.25) is 4.79 Å². The van der Waals surface area contributed by atoms with Crippen LogP contribution in [0.25, 0.3) is 0 Å². The Kier molecular flexibility index (Phi) is 8.26. The third-order valence-corrected chi connectivity index (χ3v) is 3.45. The third-order valence-electron chi connectivity index (χ3n) is 3.45. The van der Waals surface area contributed by atoms with Crippen LogP contribution in [0.2, 0.25) is 0 Å². The number of hydrogen-bond acceptors (Lipinski definition) is 3. The monoisotopic (exact) mass is 271 g/mol. The van der Waals surface area contributed by atoms with Crippen LogP contribution in [0.4, 0.5) is 0 Å². The smallest absolute Gasteiger partial charge is 0.221 e. The Hall–Kier alpha value is -0.610. The van der Waals surface area contributed by atoms with Crippen LogP contribution < -0.4 is 11.1 Å². The predicted octanol–water partition coefficient (Wildman–Crippen LogP) is 1.99. The fourth-order valence-corrected chi connectivity index (χ4v) is 2.07. The lowest BCUT2D eigenvalue weighted by molar-refractivity contribution is -0.121. The van der Waals surface area contributed by atoms with Gasteiger partial charge in [0.05, 0.1) is 0 Å². The minimum absolute atomic E-state index is 0.0488. The second kappa shape index (κ2) is 8.54. The molecule has 0 spiro atoms. The highest BCUT2D eigenvalue weighted by molar-refractivity contribution is 5.76. The van der Waals surface area contributed by atoms with E-state index in [-0.39, 0.29) is 17.4 Å². The maximum Gasteiger partial charge on any atom is 0.221 e. The van der Waals surface area contributed by atoms with Crippen molar-refractivity contribution in [3.63, 3.8) is 0 Å². The minimum atomic E-state index is -0.0488. The summed E-state index contributed by atoms with van der Waals surface area (Å²) in [5, 5.41) is 2.95. The van der Waals surface area contributed by atoms with Crippen molar-refractivity contribution in [1.29, 1.82) is 0 Å². The second-order valence-electron chi connectivity index (χ2n) is 6.82. The molecule has 3 N–H and O–H groups in total. The summed E-state index contributed by atoms with van der Waals surface area (Å²) < 4.78 is 0. The standard InChI is InChI=1S/C15H33N3O/c1-7-12(2)18(6)9-8-17-14(19)10-13(16)11-15(3,4)5/h12-13H,7-11,16H2,1-6H3,(H,17,19). The first kappa shape index (κ1) is 18.4. The van der Waals surface area contributed by atoms with Gasteiger partial charge in [0, 0.05) is 31.6 Å². The number of rotatable bonds is 8. The van der Waals surface area contributed by atoms with Crippen LogP contribution in [0.15, 0.2) is 0 Å². The van der Waals surface area contributed by atoms with Gasteiger partial charge >= 0.3 is 0 Å². The van der Waals surface area contributed by atoms with Gasteiger partial charge in [-0.25, -0.2) is 0 Å². The topological polar surface area (TPSA) is 58.4 Å². The molecule has 19 heavy (non-hydrogen) atoms. The van der Waals surface area contributed by atoms with Crippen LogP contribution in [-0.4, -0.2) is 43.0 Å². The van der Waals surface area contributed by atoms with Gasteiger partial charge in [0.25, 0.3) is 0 Å². The van der Waals surface area contributed by atoms with Crippen molar-refractivity contribution >= 4 is 5.91 Å². The summed E-state index contributed by atoms with van der Waals surface area (Å²) in [7, 11) is 2.09. The van der Waals surface area contributed by atoms with Crippen LogP contribution in [-0.2, 0) is 4.79 Å². The number of carbonyl (C=O) groups is 1. The van der Waals surface area contributed by atoms with E-state index in [1.165, 1.54) is 0 Å². The molecule has 0 bridgehead atoms. The second-order valence-corrected chi connectivity index (χ2v) is 6.82. The average Bonchev–Trinajstić information content (AvgIpc) is 2.24. The molecule has 4 nitrogen and oxygen atoms in total. The van der Waals surface area contributed by atoms with E-state index in [1.807, 2.05) is 0 Å². The van der Waals surface area contributed by atoms with Crippen molar-refractivity contribution in [2.24, 2.45) is 11.1 Å². The Labute approximate surface area is 119 Å². The molecule has 1 amide bonds. The lowest BCUT2D eigenvalue weighted by atomic mass is 9.87. The number of amides is 1. The molecule has 0 saturated heterocycles. The van der Waals surface area contributed by atoms with E-state index in [4.69, 9.17) is 5.73 Å². The average molecular weight is 271 g/mol. The minimum Gasteiger partial charge on any atom is -0.355 e. The lowest BCUT2D eigenvalue weighted by Crippen LogP contribution is -2.39. The molecule has 0 aliphatic heterocycles. The van der Waals surface area contributed by atoms with Gasteiger partial charge in [0.1, 0.15) is 0 Å². The lowest BCUT2D eigenvalue weighted by Gasteiger charge is -2.24. The summed E-state index contributed by atoms with van der Waals surface area (Å²) in [6.45, 7) is 12.4. The number of nitrogens with zero attached hydrogens (tertiary/aromatic N) is 1. The number of likely N-dealkylation sites (N-methyl/N-ethyl adjacent to an activating group) is 1. The zero-order valence-corrected chi connectivity index (χ0v) is 13.6. The van der Waals surface area contributed by atoms with E-state index in [0.717, 1.165) is 19.4 Å². The highest BCUT2D eigenvalue weighted by Gasteiger charge is 2.18. The number of hydrogen-bond donors (Lipinski definition) is 2. The SMILES string of the molecule is CCC(C)N(C)CCNC(=O)CC(N)CC(C)(C)C. The summed E-state index contributed by atoms with van der Waals surface area (Å²) in [5.74, 6) is 0.0642. The van der Waals surface area contributed by atoms with Crippen molar-refractivity contribution in [3.05, 3.63) is 0 Å². The quantitative estimate of drug-likeness (QED) is 0.710. The Balaban J connectivity index is 3.82. The van der Waals surface area contributed by atoms with Crippen molar-refractivity contribution in [1.82, 2.24) is 10.2 Å². The highest BCUT2D eigenvalue weighted by atomic mass is 16.1. The largest absolute Gasteiger partial charge is 0.355 e. The van der Waals surface area contributed by atoms with Gasteiger partial charge in [-0.15, -0.1) is 0 Å². The maximum atomic E-state index is 11.8. The van der Waals surface area contributed by atoms with Gasteiger partial charge in [-0.1, -0.05) is 27.7 Å². The van der Waals surface area contributed by atoms with Crippen LogP contribution >= 0.6 is 0 Å². The van der Waals surface area contributed by atoms with Crippen molar-refractivity contribution < 1.29 is 4.79 Å². The number of nitrogens with two attached hydrogens (primary N) is 1. The van der Waals surface area contributed by atoms with E-state index in [0.29, 0.717) is 19.0 Å². The molecule has 0 radical (unpaired) electrons. The van der Waals surface area contributed by atoms with Gasteiger partial charge in [0.2, 0.25) is 5.91 Å². The molecule has 0 fully saturated rings. The molecular formula is C15H33N3O. The van der Waals surface area contributed by atoms with Crippen LogP contribution in [0.3, 0.4) is 0 Å². The normalized spacial score (nSPS) is 15.4. The first-order chi connectivity index (χ1) is 8.65.